The van der Waals surface area contributed by atoms with Crippen LogP contribution in [0.3, 0.4) is 0 Å². The van der Waals surface area contributed by atoms with Crippen LogP contribution in [-0.2, 0) is 12.8 Å². The second-order valence-corrected chi connectivity index (χ2v) is 5.76. The Morgan fingerprint density at radius 3 is 2.89 bits per heavy atom. The number of halogens is 1. The van der Waals surface area contributed by atoms with Crippen molar-refractivity contribution in [3.05, 3.63) is 52.0 Å². The number of hydrogen-bond donors (Lipinski definition) is 2. The third-order valence-corrected chi connectivity index (χ3v) is 4.41. The smallest absolute Gasteiger partial charge is 0.116 e. The minimum atomic E-state index is 0.349. The number of nitrogens with one attached hydrogen (secondary N) is 1. The van der Waals surface area contributed by atoms with Gasteiger partial charge in [0.05, 0.1) is 0 Å². The lowest BCUT2D eigenvalue weighted by atomic mass is 9.78. The van der Waals surface area contributed by atoms with Crippen LogP contribution >= 0.6 is 11.6 Å². The predicted molar refractivity (Wildman–Crippen MR) is 76.7 cm³/mol. The quantitative estimate of drug-likeness (QED) is 0.769. The van der Waals surface area contributed by atoms with Gasteiger partial charge < -0.3 is 10.4 Å². The first-order chi connectivity index (χ1) is 9.22. The summed E-state index contributed by atoms with van der Waals surface area (Å²) in [5.41, 5.74) is 6.21. The molecule has 0 saturated carbocycles. The van der Waals surface area contributed by atoms with Gasteiger partial charge >= 0.3 is 0 Å². The summed E-state index contributed by atoms with van der Waals surface area (Å²) in [6, 6.07) is 10.2. The fourth-order valence-electron chi connectivity index (χ4n) is 3.39. The van der Waals surface area contributed by atoms with Crippen molar-refractivity contribution >= 4 is 11.6 Å². The second-order valence-electron chi connectivity index (χ2n) is 5.33. The van der Waals surface area contributed by atoms with Crippen LogP contribution < -0.4 is 5.32 Å². The van der Waals surface area contributed by atoms with E-state index in [4.69, 9.17) is 11.6 Å². The molecule has 0 spiro atoms. The molecule has 2 N–H and O–H groups in total. The Bertz CT molecular complexity index is 681. The fourth-order valence-corrected chi connectivity index (χ4v) is 3.56. The summed E-state index contributed by atoms with van der Waals surface area (Å²) >= 11 is 6.13. The van der Waals surface area contributed by atoms with Gasteiger partial charge in [-0.3, -0.25) is 0 Å². The number of benzene rings is 2. The van der Waals surface area contributed by atoms with Gasteiger partial charge in [0, 0.05) is 11.1 Å². The van der Waals surface area contributed by atoms with Crippen molar-refractivity contribution < 1.29 is 5.11 Å². The van der Waals surface area contributed by atoms with Gasteiger partial charge in [-0.2, -0.15) is 0 Å². The third-order valence-electron chi connectivity index (χ3n) is 4.17. The zero-order valence-corrected chi connectivity index (χ0v) is 11.2. The van der Waals surface area contributed by atoms with Gasteiger partial charge in [0.1, 0.15) is 5.75 Å². The van der Waals surface area contributed by atoms with Crippen molar-refractivity contribution in [3.63, 3.8) is 0 Å². The topological polar surface area (TPSA) is 32.3 Å². The van der Waals surface area contributed by atoms with Crippen molar-refractivity contribution in [1.29, 1.82) is 0 Å². The van der Waals surface area contributed by atoms with Gasteiger partial charge in [-0.25, -0.2) is 0 Å². The van der Waals surface area contributed by atoms with E-state index in [1.54, 1.807) is 0 Å². The van der Waals surface area contributed by atoms with Crippen molar-refractivity contribution in [2.24, 2.45) is 0 Å². The third kappa shape index (κ3) is 1.67. The Kier molecular flexibility index (Phi) is 2.38. The van der Waals surface area contributed by atoms with Crippen LogP contribution in [0, 0.1) is 0 Å². The summed E-state index contributed by atoms with van der Waals surface area (Å²) in [5.74, 6) is 0.349. The molecule has 3 heteroatoms. The molecular weight excluding hydrogens is 258 g/mol. The summed E-state index contributed by atoms with van der Waals surface area (Å²) in [6.07, 6.45) is 1.97. The van der Waals surface area contributed by atoms with E-state index in [1.165, 1.54) is 22.3 Å². The Morgan fingerprint density at radius 1 is 1.11 bits per heavy atom. The van der Waals surface area contributed by atoms with Gasteiger partial charge in [0.2, 0.25) is 0 Å². The Labute approximate surface area is 117 Å². The Balaban J connectivity index is 2.05. The van der Waals surface area contributed by atoms with E-state index in [1.807, 2.05) is 24.3 Å². The highest BCUT2D eigenvalue weighted by molar-refractivity contribution is 6.30. The predicted octanol–water partition coefficient (Wildman–Crippen LogP) is 3.46. The van der Waals surface area contributed by atoms with Gasteiger partial charge in [0.15, 0.2) is 0 Å². The van der Waals surface area contributed by atoms with Crippen molar-refractivity contribution in [3.8, 4) is 16.9 Å². The molecule has 2 nitrogen and oxygen atoms in total. The highest BCUT2D eigenvalue weighted by atomic mass is 35.5. The van der Waals surface area contributed by atoms with E-state index >= 15 is 0 Å². The maximum atomic E-state index is 9.95. The highest BCUT2D eigenvalue weighted by Crippen LogP contribution is 2.44. The number of phenols is 1. The summed E-state index contributed by atoms with van der Waals surface area (Å²) < 4.78 is 0. The maximum Gasteiger partial charge on any atom is 0.116 e. The molecule has 0 aromatic heterocycles. The first-order valence-corrected chi connectivity index (χ1v) is 6.98. The normalized spacial score (nSPS) is 19.7. The lowest BCUT2D eigenvalue weighted by Crippen LogP contribution is -2.33. The van der Waals surface area contributed by atoms with Gasteiger partial charge in [-0.05, 0) is 71.5 Å². The van der Waals surface area contributed by atoms with Crippen LogP contribution in [0.2, 0.25) is 5.02 Å². The van der Waals surface area contributed by atoms with Crippen LogP contribution in [0.4, 0.5) is 0 Å². The molecule has 4 rings (SSSR count). The molecule has 1 heterocycles. The summed E-state index contributed by atoms with van der Waals surface area (Å²) in [7, 11) is 0. The van der Waals surface area contributed by atoms with E-state index < -0.39 is 0 Å². The molecule has 2 aromatic carbocycles. The summed E-state index contributed by atoms with van der Waals surface area (Å²) in [4.78, 5) is 0. The minimum absolute atomic E-state index is 0.349. The molecule has 0 bridgehead atoms. The molecule has 2 aromatic rings. The largest absolute Gasteiger partial charge is 0.508 e. The fraction of sp³-hybridized carbons (Fsp3) is 0.250. The SMILES string of the molecule is Oc1cc2c3c(c1)-c1cc(Cl)ccc1CC3NCC2. The second kappa shape index (κ2) is 3.99. The monoisotopic (exact) mass is 271 g/mol. The molecule has 0 saturated heterocycles. The van der Waals surface area contributed by atoms with Gasteiger partial charge in [-0.15, -0.1) is 0 Å². The van der Waals surface area contributed by atoms with Crippen LogP contribution in [0.1, 0.15) is 22.7 Å². The Hall–Kier alpha value is -1.51. The van der Waals surface area contributed by atoms with Crippen molar-refractivity contribution in [2.45, 2.75) is 18.9 Å². The van der Waals surface area contributed by atoms with Crippen molar-refractivity contribution in [1.82, 2.24) is 5.32 Å². The van der Waals surface area contributed by atoms with Gasteiger partial charge in [0.25, 0.3) is 0 Å². The zero-order chi connectivity index (χ0) is 13.0. The summed E-state index contributed by atoms with van der Waals surface area (Å²) in [5, 5.41) is 14.3. The lowest BCUT2D eigenvalue weighted by Gasteiger charge is -2.34. The molecule has 19 heavy (non-hydrogen) atoms. The van der Waals surface area contributed by atoms with Gasteiger partial charge in [-0.1, -0.05) is 17.7 Å². The number of hydrogen-bond acceptors (Lipinski definition) is 2. The lowest BCUT2D eigenvalue weighted by molar-refractivity contribution is 0.466. The number of aromatic hydroxyl groups is 1. The molecule has 0 amide bonds. The molecule has 1 aliphatic heterocycles. The van der Waals surface area contributed by atoms with E-state index in [9.17, 15) is 5.11 Å². The molecule has 1 unspecified atom stereocenters. The standard InChI is InChI=1S/C16H14ClNO/c17-11-2-1-9-6-15-16-10(3-4-18-15)5-12(19)8-14(16)13(9)7-11/h1-2,5,7-8,15,18-19H,3-4,6H2. The molecule has 1 atom stereocenters. The van der Waals surface area contributed by atoms with E-state index in [-0.39, 0.29) is 0 Å². The Morgan fingerprint density at radius 2 is 2.00 bits per heavy atom. The van der Waals surface area contributed by atoms with Crippen molar-refractivity contribution in [2.75, 3.05) is 6.54 Å². The minimum Gasteiger partial charge on any atom is -0.508 e. The molecular formula is C16H14ClNO. The summed E-state index contributed by atoms with van der Waals surface area (Å²) in [6.45, 7) is 0.976. The number of phenolic OH excluding ortho intramolecular Hbond substituents is 1. The van der Waals surface area contributed by atoms with Crippen LogP contribution in [0.25, 0.3) is 11.1 Å². The van der Waals surface area contributed by atoms with Crippen LogP contribution in [-0.4, -0.2) is 11.7 Å². The number of rotatable bonds is 0. The first-order valence-electron chi connectivity index (χ1n) is 6.60. The van der Waals surface area contributed by atoms with E-state index in [0.717, 1.165) is 30.0 Å². The molecule has 1 aliphatic carbocycles. The van der Waals surface area contributed by atoms with Crippen LogP contribution in [0.5, 0.6) is 5.75 Å². The van der Waals surface area contributed by atoms with E-state index in [2.05, 4.69) is 11.4 Å². The molecule has 96 valence electrons. The van der Waals surface area contributed by atoms with Crippen LogP contribution in [0.15, 0.2) is 30.3 Å². The number of fused-ring (bicyclic) bond motifs is 2. The first kappa shape index (κ1) is 11.3. The average Bonchev–Trinajstić information content (AvgIpc) is 2.39. The maximum absolute atomic E-state index is 9.95. The zero-order valence-electron chi connectivity index (χ0n) is 10.4. The highest BCUT2D eigenvalue weighted by Gasteiger charge is 2.29. The van der Waals surface area contributed by atoms with E-state index in [0.29, 0.717) is 11.8 Å². The average molecular weight is 272 g/mol. The molecule has 2 aliphatic rings. The molecule has 0 radical (unpaired) electrons. The molecule has 0 fully saturated rings.